The molecule has 0 radical (unpaired) electrons. The molecule has 1 aliphatic carbocycles. The zero-order chi connectivity index (χ0) is 15.8. The maximum absolute atomic E-state index is 12.5. The maximum atomic E-state index is 12.5. The van der Waals surface area contributed by atoms with Gasteiger partial charge in [-0.05, 0) is 25.0 Å². The van der Waals surface area contributed by atoms with E-state index in [1.807, 2.05) is 17.0 Å². The number of hydrogen-bond acceptors (Lipinski definition) is 4. The Labute approximate surface area is 133 Å². The van der Waals surface area contributed by atoms with Crippen molar-refractivity contribution in [1.82, 2.24) is 19.9 Å². The largest absolute Gasteiger partial charge is 0.331 e. The molecule has 1 amide bonds. The lowest BCUT2D eigenvalue weighted by Crippen LogP contribution is -3.14. The normalized spacial score (nSPS) is 19.2. The molecule has 1 saturated carbocycles. The molecule has 1 saturated heterocycles. The van der Waals surface area contributed by atoms with Crippen molar-refractivity contribution in [2.45, 2.75) is 19.5 Å². The molecule has 1 aliphatic heterocycles. The van der Waals surface area contributed by atoms with E-state index in [1.54, 1.807) is 12.1 Å². The van der Waals surface area contributed by atoms with Crippen molar-refractivity contribution in [3.8, 4) is 0 Å². The molecule has 23 heavy (non-hydrogen) atoms. The van der Waals surface area contributed by atoms with Gasteiger partial charge < -0.3 is 9.80 Å². The molecule has 2 aromatic rings. The number of aromatic nitrogens is 3. The molecule has 7 nitrogen and oxygen atoms in total. The van der Waals surface area contributed by atoms with Crippen LogP contribution in [0.4, 0.5) is 0 Å². The summed E-state index contributed by atoms with van der Waals surface area (Å²) >= 11 is 0. The average molecular weight is 314 g/mol. The molecule has 0 bridgehead atoms. The van der Waals surface area contributed by atoms with E-state index < -0.39 is 0 Å². The number of rotatable bonds is 3. The first-order valence-corrected chi connectivity index (χ1v) is 8.17. The van der Waals surface area contributed by atoms with E-state index in [9.17, 15) is 9.59 Å². The maximum Gasteiger partial charge on any atom is 0.282 e. The number of quaternary nitrogens is 1. The van der Waals surface area contributed by atoms with Gasteiger partial charge in [-0.3, -0.25) is 9.59 Å². The fraction of sp³-hybridized carbons (Fsp3) is 0.500. The minimum atomic E-state index is -0.0976. The smallest absolute Gasteiger partial charge is 0.282 e. The van der Waals surface area contributed by atoms with E-state index in [-0.39, 0.29) is 11.5 Å². The second-order valence-corrected chi connectivity index (χ2v) is 6.42. The van der Waals surface area contributed by atoms with E-state index in [1.165, 1.54) is 9.58 Å². The van der Waals surface area contributed by atoms with Crippen LogP contribution in [0.25, 0.3) is 10.9 Å². The lowest BCUT2D eigenvalue weighted by atomic mass is 10.2. The van der Waals surface area contributed by atoms with Gasteiger partial charge in [0.05, 0.1) is 31.6 Å². The number of hydrogen-bond donors (Lipinski definition) is 1. The van der Waals surface area contributed by atoms with Crippen molar-refractivity contribution in [2.75, 3.05) is 26.2 Å². The van der Waals surface area contributed by atoms with Gasteiger partial charge in [0.15, 0.2) is 6.67 Å². The standard InChI is InChI=1S/C16H19N5O2/c22-15(12-5-6-12)20-9-7-19(8-10-20)11-21-16(23)13-3-1-2-4-14(13)17-18-21/h1-4,12H,5-11H2/p+1. The van der Waals surface area contributed by atoms with Gasteiger partial charge in [0, 0.05) is 5.92 Å². The van der Waals surface area contributed by atoms with Crippen molar-refractivity contribution in [1.29, 1.82) is 0 Å². The number of benzene rings is 1. The Kier molecular flexibility index (Phi) is 3.57. The quantitative estimate of drug-likeness (QED) is 0.779. The van der Waals surface area contributed by atoms with Gasteiger partial charge in [0.2, 0.25) is 5.91 Å². The van der Waals surface area contributed by atoms with Crippen molar-refractivity contribution in [3.05, 3.63) is 34.6 Å². The van der Waals surface area contributed by atoms with Gasteiger partial charge in [-0.1, -0.05) is 17.3 Å². The van der Waals surface area contributed by atoms with Crippen molar-refractivity contribution >= 4 is 16.8 Å². The number of nitrogens with one attached hydrogen (secondary N) is 1. The Morgan fingerprint density at radius 2 is 1.96 bits per heavy atom. The highest BCUT2D eigenvalue weighted by Crippen LogP contribution is 2.30. The molecule has 1 N–H and O–H groups in total. The fourth-order valence-corrected chi connectivity index (χ4v) is 3.13. The van der Waals surface area contributed by atoms with Crippen LogP contribution in [0.15, 0.2) is 29.1 Å². The summed E-state index contributed by atoms with van der Waals surface area (Å²) in [6, 6.07) is 7.26. The molecule has 0 spiro atoms. The van der Waals surface area contributed by atoms with Crippen LogP contribution in [0.2, 0.25) is 0 Å². The third kappa shape index (κ3) is 2.84. The predicted octanol–water partition coefficient (Wildman–Crippen LogP) is -1.11. The van der Waals surface area contributed by atoms with Crippen molar-refractivity contribution < 1.29 is 9.69 Å². The first kappa shape index (κ1) is 14.3. The second-order valence-electron chi connectivity index (χ2n) is 6.42. The number of nitrogens with zero attached hydrogens (tertiary/aromatic N) is 4. The average Bonchev–Trinajstić information content (AvgIpc) is 3.43. The van der Waals surface area contributed by atoms with E-state index in [0.717, 1.165) is 39.0 Å². The minimum absolute atomic E-state index is 0.0976. The molecular formula is C16H20N5O2+. The van der Waals surface area contributed by atoms with Crippen molar-refractivity contribution in [2.24, 2.45) is 5.92 Å². The Bertz CT molecular complexity index is 790. The molecule has 4 rings (SSSR count). The number of piperazine rings is 1. The van der Waals surface area contributed by atoms with Gasteiger partial charge in [-0.15, -0.1) is 5.10 Å². The number of carbonyl (C=O) groups excluding carboxylic acids is 1. The van der Waals surface area contributed by atoms with Crippen molar-refractivity contribution in [3.63, 3.8) is 0 Å². The minimum Gasteiger partial charge on any atom is -0.331 e. The summed E-state index contributed by atoms with van der Waals surface area (Å²) in [5.74, 6) is 0.595. The van der Waals surface area contributed by atoms with E-state index >= 15 is 0 Å². The molecule has 0 atom stereocenters. The molecule has 0 unspecified atom stereocenters. The van der Waals surface area contributed by atoms with Crippen LogP contribution in [0, 0.1) is 5.92 Å². The summed E-state index contributed by atoms with van der Waals surface area (Å²) in [7, 11) is 0. The highest BCUT2D eigenvalue weighted by Gasteiger charge is 2.35. The summed E-state index contributed by atoms with van der Waals surface area (Å²) in [5, 5.41) is 8.76. The van der Waals surface area contributed by atoms with E-state index in [4.69, 9.17) is 0 Å². The Morgan fingerprint density at radius 1 is 1.22 bits per heavy atom. The number of fused-ring (bicyclic) bond motifs is 1. The molecule has 2 aliphatic rings. The summed E-state index contributed by atoms with van der Waals surface area (Å²) < 4.78 is 1.44. The summed E-state index contributed by atoms with van der Waals surface area (Å²) in [4.78, 5) is 27.7. The number of amides is 1. The molecule has 1 aromatic carbocycles. The molecule has 2 heterocycles. The van der Waals surface area contributed by atoms with Crippen LogP contribution in [0.1, 0.15) is 12.8 Å². The van der Waals surface area contributed by atoms with Gasteiger partial charge in [0.25, 0.3) is 5.56 Å². The molecule has 2 fully saturated rings. The van der Waals surface area contributed by atoms with Crippen LogP contribution < -0.4 is 10.5 Å². The highest BCUT2D eigenvalue weighted by atomic mass is 16.2. The third-order valence-electron chi connectivity index (χ3n) is 4.71. The molecule has 7 heteroatoms. The monoisotopic (exact) mass is 314 g/mol. The summed E-state index contributed by atoms with van der Waals surface area (Å²) in [6.45, 7) is 3.72. The van der Waals surface area contributed by atoms with Crippen LogP contribution >= 0.6 is 0 Å². The molecular weight excluding hydrogens is 294 g/mol. The van der Waals surface area contributed by atoms with Gasteiger partial charge in [-0.25, -0.2) is 0 Å². The first-order chi connectivity index (χ1) is 11.2. The molecule has 120 valence electrons. The van der Waals surface area contributed by atoms with E-state index in [0.29, 0.717) is 23.5 Å². The topological polar surface area (TPSA) is 72.5 Å². The van der Waals surface area contributed by atoms with Crippen LogP contribution in [-0.4, -0.2) is 52.0 Å². The Hall–Kier alpha value is -2.28. The zero-order valence-corrected chi connectivity index (χ0v) is 12.9. The first-order valence-electron chi connectivity index (χ1n) is 8.17. The highest BCUT2D eigenvalue weighted by molar-refractivity contribution is 5.81. The lowest BCUT2D eigenvalue weighted by molar-refractivity contribution is -0.927. The summed E-state index contributed by atoms with van der Waals surface area (Å²) in [6.07, 6.45) is 2.10. The summed E-state index contributed by atoms with van der Waals surface area (Å²) in [5.41, 5.74) is 0.531. The van der Waals surface area contributed by atoms with Gasteiger partial charge in [0.1, 0.15) is 5.52 Å². The van der Waals surface area contributed by atoms with Crippen LogP contribution in [-0.2, 0) is 11.5 Å². The van der Waals surface area contributed by atoms with Crippen LogP contribution in [0.5, 0.6) is 0 Å². The Balaban J connectivity index is 1.44. The van der Waals surface area contributed by atoms with Gasteiger partial charge >= 0.3 is 0 Å². The van der Waals surface area contributed by atoms with Gasteiger partial charge in [-0.2, -0.15) is 4.68 Å². The molecule has 1 aromatic heterocycles. The fourth-order valence-electron chi connectivity index (χ4n) is 3.13. The Morgan fingerprint density at radius 3 is 2.70 bits per heavy atom. The van der Waals surface area contributed by atoms with E-state index in [2.05, 4.69) is 10.3 Å². The third-order valence-corrected chi connectivity index (χ3v) is 4.71. The number of carbonyl (C=O) groups is 1. The predicted molar refractivity (Wildman–Crippen MR) is 83.8 cm³/mol. The zero-order valence-electron chi connectivity index (χ0n) is 12.9. The SMILES string of the molecule is O=C(C1CC1)N1CC[NH+](Cn2nnc3ccccc3c2=O)CC1. The second kappa shape index (κ2) is 5.73. The van der Waals surface area contributed by atoms with Crippen LogP contribution in [0.3, 0.4) is 0 Å². The lowest BCUT2D eigenvalue weighted by Gasteiger charge is -2.32.